The molecule has 8 nitrogen and oxygen atoms in total. The molecule has 2 fully saturated rings. The Morgan fingerprint density at radius 1 is 1.24 bits per heavy atom. The fraction of sp³-hybridized carbons (Fsp3) is 0.409. The summed E-state index contributed by atoms with van der Waals surface area (Å²) in [4.78, 5) is 26.3. The number of halogens is 3. The molecule has 0 radical (unpaired) electrons. The van der Waals surface area contributed by atoms with Gasteiger partial charge < -0.3 is 25.3 Å². The molecule has 0 atom stereocenters. The molecular weight excluding hydrogens is 454 g/mol. The van der Waals surface area contributed by atoms with E-state index in [0.29, 0.717) is 59.5 Å². The molecule has 1 aliphatic heterocycles. The predicted molar refractivity (Wildman–Crippen MR) is 123 cm³/mol. The lowest BCUT2D eigenvalue weighted by Crippen LogP contribution is -2.52. The summed E-state index contributed by atoms with van der Waals surface area (Å²) in [6.45, 7) is 1.26. The first-order chi connectivity index (χ1) is 15.8. The van der Waals surface area contributed by atoms with Crippen LogP contribution in [0.5, 0.6) is 5.88 Å². The number of aromatic nitrogens is 3. The van der Waals surface area contributed by atoms with Crippen molar-refractivity contribution in [2.75, 3.05) is 35.7 Å². The highest BCUT2D eigenvalue weighted by Gasteiger charge is 2.56. The SMILES string of the molecule is COc1ccc2[nH]cc(NC(=O)Nc3cnc(N4CCC5(CC4)CC(F)(F)C5)c(Cl)c3)c2n1. The summed E-state index contributed by atoms with van der Waals surface area (Å²) in [5.74, 6) is -1.48. The Balaban J connectivity index is 1.22. The first-order valence-corrected chi connectivity index (χ1v) is 11.0. The number of amides is 2. The van der Waals surface area contributed by atoms with Gasteiger partial charge in [0.15, 0.2) is 0 Å². The Morgan fingerprint density at radius 3 is 2.67 bits per heavy atom. The summed E-state index contributed by atoms with van der Waals surface area (Å²) >= 11 is 6.44. The molecule has 0 aromatic carbocycles. The van der Waals surface area contributed by atoms with Crippen LogP contribution in [-0.2, 0) is 0 Å². The van der Waals surface area contributed by atoms with Crippen LogP contribution in [0.4, 0.5) is 30.8 Å². The van der Waals surface area contributed by atoms with E-state index >= 15 is 0 Å². The van der Waals surface area contributed by atoms with Crippen molar-refractivity contribution in [3.8, 4) is 5.88 Å². The van der Waals surface area contributed by atoms with Crippen LogP contribution >= 0.6 is 11.6 Å². The molecular formula is C22H23ClF2N6O2. The van der Waals surface area contributed by atoms with Gasteiger partial charge in [-0.1, -0.05) is 11.6 Å². The Labute approximate surface area is 193 Å². The molecule has 1 aliphatic carbocycles. The van der Waals surface area contributed by atoms with E-state index in [9.17, 15) is 13.6 Å². The standard InChI is InChI=1S/C22H23ClF2N6O2/c1-33-17-3-2-15-18(30-17)16(10-26-15)29-20(32)28-13-8-14(23)19(27-9-13)31-6-4-21(5-7-31)11-22(24,25)12-21/h2-3,8-10,26H,4-7,11-12H2,1H3,(H2,28,29,32). The van der Waals surface area contributed by atoms with Crippen LogP contribution in [0.2, 0.25) is 5.02 Å². The van der Waals surface area contributed by atoms with Gasteiger partial charge in [0.1, 0.15) is 11.3 Å². The van der Waals surface area contributed by atoms with Gasteiger partial charge in [-0.3, -0.25) is 0 Å². The van der Waals surface area contributed by atoms with Crippen LogP contribution in [0.25, 0.3) is 11.0 Å². The monoisotopic (exact) mass is 476 g/mol. The van der Waals surface area contributed by atoms with Gasteiger partial charge in [-0.2, -0.15) is 0 Å². The van der Waals surface area contributed by atoms with Crippen molar-refractivity contribution in [2.24, 2.45) is 5.41 Å². The maximum atomic E-state index is 13.3. The van der Waals surface area contributed by atoms with Gasteiger partial charge in [0.2, 0.25) is 11.8 Å². The number of aromatic amines is 1. The van der Waals surface area contributed by atoms with Crippen LogP contribution < -0.4 is 20.3 Å². The molecule has 0 unspecified atom stereocenters. The molecule has 174 valence electrons. The molecule has 1 saturated carbocycles. The maximum Gasteiger partial charge on any atom is 0.323 e. The minimum absolute atomic E-state index is 0.0221. The molecule has 4 heterocycles. The summed E-state index contributed by atoms with van der Waals surface area (Å²) < 4.78 is 31.8. The van der Waals surface area contributed by atoms with Crippen LogP contribution in [0, 0.1) is 5.41 Å². The second-order valence-corrected chi connectivity index (χ2v) is 9.16. The van der Waals surface area contributed by atoms with Crippen LogP contribution in [0.3, 0.4) is 0 Å². The topological polar surface area (TPSA) is 95.2 Å². The lowest BCUT2D eigenvalue weighted by atomic mass is 9.61. The Hall–Kier alpha value is -3.14. The highest BCUT2D eigenvalue weighted by atomic mass is 35.5. The van der Waals surface area contributed by atoms with E-state index in [2.05, 4.69) is 25.6 Å². The van der Waals surface area contributed by atoms with Gasteiger partial charge in [0, 0.05) is 38.2 Å². The minimum Gasteiger partial charge on any atom is -0.481 e. The molecule has 3 N–H and O–H groups in total. The summed E-state index contributed by atoms with van der Waals surface area (Å²) in [6, 6.07) is 4.69. The quantitative estimate of drug-likeness (QED) is 0.476. The summed E-state index contributed by atoms with van der Waals surface area (Å²) in [5, 5.41) is 5.85. The van der Waals surface area contributed by atoms with E-state index in [1.54, 1.807) is 18.3 Å². The van der Waals surface area contributed by atoms with E-state index in [1.807, 2.05) is 11.0 Å². The zero-order valence-corrected chi connectivity index (χ0v) is 18.7. The average Bonchev–Trinajstić information content (AvgIpc) is 3.15. The van der Waals surface area contributed by atoms with Crippen molar-refractivity contribution in [3.63, 3.8) is 0 Å². The number of urea groups is 1. The van der Waals surface area contributed by atoms with Crippen LogP contribution in [0.15, 0.2) is 30.6 Å². The fourth-order valence-electron chi connectivity index (χ4n) is 4.80. The number of nitrogens with one attached hydrogen (secondary N) is 3. The number of carbonyl (C=O) groups is 1. The molecule has 1 spiro atoms. The Morgan fingerprint density at radius 2 is 2.00 bits per heavy atom. The normalized spacial score (nSPS) is 18.7. The van der Waals surface area contributed by atoms with Gasteiger partial charge in [-0.05, 0) is 30.4 Å². The number of fused-ring (bicyclic) bond motifs is 1. The number of carbonyl (C=O) groups excluding carboxylic acids is 1. The van der Waals surface area contributed by atoms with E-state index in [1.165, 1.54) is 13.3 Å². The molecule has 1 saturated heterocycles. The van der Waals surface area contributed by atoms with E-state index < -0.39 is 12.0 Å². The number of piperidine rings is 1. The van der Waals surface area contributed by atoms with Gasteiger partial charge in [0.25, 0.3) is 0 Å². The summed E-state index contributed by atoms with van der Waals surface area (Å²) in [5.41, 5.74) is 2.02. The van der Waals surface area contributed by atoms with Gasteiger partial charge in [-0.15, -0.1) is 0 Å². The molecule has 2 amide bonds. The number of hydrogen-bond acceptors (Lipinski definition) is 5. The highest BCUT2D eigenvalue weighted by molar-refractivity contribution is 6.33. The van der Waals surface area contributed by atoms with Crippen molar-refractivity contribution in [1.82, 2.24) is 15.0 Å². The summed E-state index contributed by atoms with van der Waals surface area (Å²) in [6.07, 6.45) is 4.53. The van der Waals surface area contributed by atoms with Crippen molar-refractivity contribution >= 4 is 45.9 Å². The number of hydrogen-bond donors (Lipinski definition) is 3. The zero-order chi connectivity index (χ0) is 23.2. The van der Waals surface area contributed by atoms with Gasteiger partial charge in [-0.25, -0.2) is 23.5 Å². The number of nitrogens with zero attached hydrogens (tertiary/aromatic N) is 3. The molecule has 3 aromatic heterocycles. The van der Waals surface area contributed by atoms with Gasteiger partial charge in [0.05, 0.1) is 35.2 Å². The summed E-state index contributed by atoms with van der Waals surface area (Å²) in [7, 11) is 1.52. The smallest absolute Gasteiger partial charge is 0.323 e. The third-order valence-corrected chi connectivity index (χ3v) is 6.70. The first-order valence-electron chi connectivity index (χ1n) is 10.6. The average molecular weight is 477 g/mol. The van der Waals surface area contributed by atoms with Crippen LogP contribution in [0.1, 0.15) is 25.7 Å². The molecule has 5 rings (SSSR count). The second-order valence-electron chi connectivity index (χ2n) is 8.76. The number of methoxy groups -OCH3 is 1. The lowest BCUT2D eigenvalue weighted by molar-refractivity contribution is -0.168. The van der Waals surface area contributed by atoms with Crippen molar-refractivity contribution in [1.29, 1.82) is 0 Å². The van der Waals surface area contributed by atoms with E-state index in [4.69, 9.17) is 16.3 Å². The predicted octanol–water partition coefficient (Wildman–Crippen LogP) is 5.28. The third kappa shape index (κ3) is 4.27. The van der Waals surface area contributed by atoms with Crippen molar-refractivity contribution in [3.05, 3.63) is 35.6 Å². The Kier molecular flexibility index (Phi) is 5.27. The highest BCUT2D eigenvalue weighted by Crippen LogP contribution is 2.57. The number of anilines is 3. The molecule has 3 aromatic rings. The lowest BCUT2D eigenvalue weighted by Gasteiger charge is -2.52. The number of rotatable bonds is 4. The number of ether oxygens (including phenoxy) is 1. The second kappa shape index (κ2) is 8.02. The van der Waals surface area contributed by atoms with Crippen LogP contribution in [-0.4, -0.2) is 47.1 Å². The molecule has 2 aliphatic rings. The van der Waals surface area contributed by atoms with Crippen molar-refractivity contribution < 1.29 is 18.3 Å². The Bertz CT molecular complexity index is 1200. The largest absolute Gasteiger partial charge is 0.481 e. The molecule has 0 bridgehead atoms. The number of alkyl halides is 2. The maximum absolute atomic E-state index is 13.3. The van der Waals surface area contributed by atoms with E-state index in [0.717, 1.165) is 5.52 Å². The minimum atomic E-state index is -2.51. The molecule has 33 heavy (non-hydrogen) atoms. The number of pyridine rings is 2. The number of H-pyrrole nitrogens is 1. The van der Waals surface area contributed by atoms with Gasteiger partial charge >= 0.3 is 6.03 Å². The fourth-order valence-corrected chi connectivity index (χ4v) is 5.08. The first kappa shape index (κ1) is 21.7. The van der Waals surface area contributed by atoms with Crippen molar-refractivity contribution in [2.45, 2.75) is 31.6 Å². The van der Waals surface area contributed by atoms with E-state index in [-0.39, 0.29) is 18.3 Å². The molecule has 11 heteroatoms. The zero-order valence-electron chi connectivity index (χ0n) is 17.9. The third-order valence-electron chi connectivity index (χ3n) is 6.42.